The fraction of sp³-hybridized carbons (Fsp3) is 0.200. The lowest BCUT2D eigenvalue weighted by Crippen LogP contribution is -2.29. The number of rotatable bonds is 9. The maximum atomic E-state index is 13.4. The Labute approximate surface area is 204 Å². The number of aliphatic imine (C=N–C) groups is 1. The van der Waals surface area contributed by atoms with Crippen molar-refractivity contribution in [2.24, 2.45) is 4.99 Å². The van der Waals surface area contributed by atoms with Crippen molar-refractivity contribution >= 4 is 39.2 Å². The summed E-state index contributed by atoms with van der Waals surface area (Å²) in [6.45, 7) is 4.42. The number of ether oxygens (including phenoxy) is 2. The number of carbonyl (C=O) groups excluding carboxylic acids is 1. The zero-order valence-electron chi connectivity index (χ0n) is 19.1. The van der Waals surface area contributed by atoms with Crippen LogP contribution in [0, 0.1) is 10.1 Å². The highest BCUT2D eigenvalue weighted by molar-refractivity contribution is 7.09. The lowest BCUT2D eigenvalue weighted by Gasteiger charge is -2.20. The summed E-state index contributed by atoms with van der Waals surface area (Å²) in [6, 6.07) is 15.6. The van der Waals surface area contributed by atoms with Crippen LogP contribution in [0.4, 0.5) is 17.1 Å². The Balaban J connectivity index is 1.62. The number of nitrogens with zero attached hydrogens (tertiary/aromatic N) is 3. The first-order chi connectivity index (χ1) is 16.9. The minimum absolute atomic E-state index is 0.0330. The number of para-hydroxylation sites is 1. The summed E-state index contributed by atoms with van der Waals surface area (Å²) in [5, 5.41) is 11.3. The zero-order valence-corrected chi connectivity index (χ0v) is 20.3. The first kappa shape index (κ1) is 24.3. The van der Waals surface area contributed by atoms with Gasteiger partial charge < -0.3 is 18.9 Å². The summed E-state index contributed by atoms with van der Waals surface area (Å²) >= 11 is 0. The number of nitro benzene ring substituents is 1. The van der Waals surface area contributed by atoms with Crippen LogP contribution in [0.5, 0.6) is 11.5 Å². The lowest BCUT2D eigenvalue weighted by molar-refractivity contribution is -0.385. The van der Waals surface area contributed by atoms with Gasteiger partial charge in [-0.2, -0.15) is 0 Å². The van der Waals surface area contributed by atoms with Crippen molar-refractivity contribution in [2.45, 2.75) is 19.6 Å². The van der Waals surface area contributed by atoms with Crippen molar-refractivity contribution in [2.75, 3.05) is 18.6 Å². The highest BCUT2D eigenvalue weighted by atomic mass is 31.0. The highest BCUT2D eigenvalue weighted by Crippen LogP contribution is 2.38. The van der Waals surface area contributed by atoms with Crippen LogP contribution >= 0.6 is 9.47 Å². The van der Waals surface area contributed by atoms with E-state index in [0.717, 1.165) is 17.7 Å². The third-order valence-electron chi connectivity index (χ3n) is 5.71. The predicted molar refractivity (Wildman–Crippen MR) is 136 cm³/mol. The zero-order chi connectivity index (χ0) is 24.9. The van der Waals surface area contributed by atoms with Gasteiger partial charge in [-0.25, -0.2) is 0 Å². The molecule has 9 nitrogen and oxygen atoms in total. The molecule has 1 aliphatic heterocycles. The molecule has 4 rings (SSSR count). The first-order valence-electron chi connectivity index (χ1n) is 10.8. The molecule has 0 spiro atoms. The third kappa shape index (κ3) is 5.16. The number of carbonyl (C=O) groups is 1. The second-order valence-electron chi connectivity index (χ2n) is 7.88. The topological polar surface area (TPSA) is 103 Å². The smallest absolute Gasteiger partial charge is 0.270 e. The van der Waals surface area contributed by atoms with Gasteiger partial charge in [0.1, 0.15) is 6.61 Å². The molecule has 1 aliphatic rings. The molecule has 0 fully saturated rings. The first-order valence-corrected chi connectivity index (χ1v) is 11.2. The molecule has 1 unspecified atom stereocenters. The minimum atomic E-state index is -0.465. The average Bonchev–Trinajstić information content (AvgIpc) is 3.30. The Morgan fingerprint density at radius 3 is 2.57 bits per heavy atom. The molecule has 35 heavy (non-hydrogen) atoms. The molecule has 1 amide bonds. The van der Waals surface area contributed by atoms with Crippen LogP contribution in [0.2, 0.25) is 0 Å². The fourth-order valence-corrected chi connectivity index (χ4v) is 4.28. The number of hydrogen-bond acceptors (Lipinski definition) is 7. The molecule has 3 aromatic carbocycles. The lowest BCUT2D eigenvalue weighted by atomic mass is 10.1. The van der Waals surface area contributed by atoms with E-state index in [9.17, 15) is 14.9 Å². The van der Waals surface area contributed by atoms with Crippen LogP contribution in [0.25, 0.3) is 0 Å². The molecule has 0 N–H and O–H groups in total. The second kappa shape index (κ2) is 10.6. The molecule has 0 radical (unpaired) electrons. The van der Waals surface area contributed by atoms with Crippen molar-refractivity contribution < 1.29 is 23.7 Å². The quantitative estimate of drug-likeness (QED) is 0.179. The molecule has 0 aromatic heterocycles. The summed E-state index contributed by atoms with van der Waals surface area (Å²) in [6.07, 6.45) is 0.782. The average molecular weight is 493 g/mol. The number of hydrogen-bond donors (Lipinski definition) is 0. The van der Waals surface area contributed by atoms with Gasteiger partial charge in [-0.05, 0) is 48.0 Å². The Morgan fingerprint density at radius 1 is 1.14 bits per heavy atom. The van der Waals surface area contributed by atoms with Crippen molar-refractivity contribution in [3.05, 3.63) is 87.0 Å². The van der Waals surface area contributed by atoms with Crippen LogP contribution in [-0.4, -0.2) is 31.2 Å². The van der Waals surface area contributed by atoms with Gasteiger partial charge >= 0.3 is 0 Å². The highest BCUT2D eigenvalue weighted by Gasteiger charge is 2.28. The predicted octanol–water partition coefficient (Wildman–Crippen LogP) is 5.02. The third-order valence-corrected chi connectivity index (χ3v) is 5.87. The number of anilines is 1. The molecule has 1 atom stereocenters. The number of methoxy groups -OCH3 is 1. The van der Waals surface area contributed by atoms with Crippen molar-refractivity contribution in [1.82, 2.24) is 0 Å². The van der Waals surface area contributed by atoms with Gasteiger partial charge in [0.05, 0.1) is 29.9 Å². The molecule has 3 aromatic rings. The van der Waals surface area contributed by atoms with Gasteiger partial charge in [-0.1, -0.05) is 18.2 Å². The number of fused-ring (bicyclic) bond motifs is 1. The summed E-state index contributed by atoms with van der Waals surface area (Å²) in [7, 11) is 3.60. The maximum Gasteiger partial charge on any atom is 0.270 e. The minimum Gasteiger partial charge on any atom is -0.493 e. The summed E-state index contributed by atoms with van der Waals surface area (Å²) < 4.78 is 16.5. The largest absolute Gasteiger partial charge is 0.493 e. The molecule has 0 bridgehead atoms. The van der Waals surface area contributed by atoms with E-state index in [2.05, 4.69) is 21.2 Å². The Hall–Kier alpha value is -3.81. The van der Waals surface area contributed by atoms with Crippen molar-refractivity contribution in [3.63, 3.8) is 0 Å². The monoisotopic (exact) mass is 493 g/mol. The summed E-state index contributed by atoms with van der Waals surface area (Å²) in [5.41, 5.74) is 3.85. The molecular formula is C25H24N3O6P. The van der Waals surface area contributed by atoms with E-state index < -0.39 is 4.92 Å². The van der Waals surface area contributed by atoms with E-state index >= 15 is 0 Å². The standard InChI is InChI=1S/C25H24N3O6P/c1-26-21-13-24(33-14-16-9-17(15-34-35)11-19(10-16)28(30)31)23(32-2)12-20(21)25(29)27-8-7-18-5-3-4-6-22(18)27/h3-6,9-13H,1,7-8,14-15,35H2,2H3. The molecule has 1 heterocycles. The maximum absolute atomic E-state index is 13.4. The Morgan fingerprint density at radius 2 is 1.89 bits per heavy atom. The molecule has 180 valence electrons. The second-order valence-corrected chi connectivity index (χ2v) is 8.21. The van der Waals surface area contributed by atoms with E-state index in [0.29, 0.717) is 40.4 Å². The normalized spacial score (nSPS) is 12.2. The van der Waals surface area contributed by atoms with Gasteiger partial charge in [0, 0.05) is 39.9 Å². The Kier molecular flexibility index (Phi) is 7.39. The van der Waals surface area contributed by atoms with E-state index in [1.807, 2.05) is 24.3 Å². The van der Waals surface area contributed by atoms with Crippen LogP contribution in [0.15, 0.2) is 59.6 Å². The van der Waals surface area contributed by atoms with Crippen LogP contribution < -0.4 is 14.4 Å². The van der Waals surface area contributed by atoms with Gasteiger partial charge in [0.25, 0.3) is 11.6 Å². The Bertz CT molecular complexity index is 1300. The van der Waals surface area contributed by atoms with E-state index in [1.165, 1.54) is 19.2 Å². The van der Waals surface area contributed by atoms with Crippen LogP contribution in [0.1, 0.15) is 27.0 Å². The van der Waals surface area contributed by atoms with Crippen molar-refractivity contribution in [3.8, 4) is 11.5 Å². The number of benzene rings is 3. The van der Waals surface area contributed by atoms with E-state index in [4.69, 9.17) is 14.0 Å². The van der Waals surface area contributed by atoms with Crippen molar-refractivity contribution in [1.29, 1.82) is 0 Å². The molecule has 10 heteroatoms. The van der Waals surface area contributed by atoms with Gasteiger partial charge in [0.2, 0.25) is 0 Å². The van der Waals surface area contributed by atoms with Gasteiger partial charge in [0.15, 0.2) is 11.5 Å². The number of nitro groups is 1. The molecular weight excluding hydrogens is 469 g/mol. The van der Waals surface area contributed by atoms with Gasteiger partial charge in [-0.3, -0.25) is 19.9 Å². The molecule has 0 saturated carbocycles. The number of amides is 1. The fourth-order valence-electron chi connectivity index (χ4n) is 4.09. The SMILES string of the molecule is C=Nc1cc(OCc2cc(COP)cc([N+](=O)[O-])c2)c(OC)cc1C(=O)N1CCc2ccccc21. The molecule has 0 saturated heterocycles. The van der Waals surface area contributed by atoms with Crippen LogP contribution in [0.3, 0.4) is 0 Å². The summed E-state index contributed by atoms with van der Waals surface area (Å²) in [5.74, 6) is 0.471. The molecule has 0 aliphatic carbocycles. The van der Waals surface area contributed by atoms with Gasteiger partial charge in [-0.15, -0.1) is 0 Å². The summed E-state index contributed by atoms with van der Waals surface area (Å²) in [4.78, 5) is 30.0. The number of non-ortho nitro benzene ring substituents is 1. The van der Waals surface area contributed by atoms with Crippen LogP contribution in [-0.2, 0) is 24.2 Å². The van der Waals surface area contributed by atoms with E-state index in [-0.39, 0.29) is 24.8 Å². The van der Waals surface area contributed by atoms with E-state index in [1.54, 1.807) is 23.1 Å².